The van der Waals surface area contributed by atoms with Gasteiger partial charge in [0.05, 0.1) is 10.6 Å². The molecular formula is C17H13Cl2NO5. The summed E-state index contributed by atoms with van der Waals surface area (Å²) < 4.78 is 15.8. The number of carbonyl (C=O) groups is 2. The number of nitrogens with one attached hydrogen (secondary N) is 1. The van der Waals surface area contributed by atoms with Crippen molar-refractivity contribution in [3.8, 4) is 11.5 Å². The second kappa shape index (κ2) is 7.63. The van der Waals surface area contributed by atoms with Crippen LogP contribution in [0.2, 0.25) is 10.0 Å². The third kappa shape index (κ3) is 4.35. The number of carbonyl (C=O) groups excluding carboxylic acids is 2. The summed E-state index contributed by atoms with van der Waals surface area (Å²) in [5.74, 6) is -0.420. The molecule has 8 heteroatoms. The Balaban J connectivity index is 1.61. The molecule has 2 aromatic carbocycles. The molecule has 1 aliphatic rings. The highest BCUT2D eigenvalue weighted by Crippen LogP contribution is 2.38. The van der Waals surface area contributed by atoms with Crippen molar-refractivity contribution >= 4 is 40.8 Å². The molecular weight excluding hydrogens is 369 g/mol. The standard InChI is InChI=1S/C17H13Cl2NO5/c18-11-2-1-3-12(8-11)20-15(21)9-25-17(22)10-6-13(19)16-14(7-10)23-4-5-24-16/h1-3,6-8H,4-5,9H2,(H,20,21). The van der Waals surface area contributed by atoms with Crippen LogP contribution in [-0.4, -0.2) is 31.7 Å². The largest absolute Gasteiger partial charge is 0.486 e. The van der Waals surface area contributed by atoms with Gasteiger partial charge in [-0.3, -0.25) is 4.79 Å². The molecule has 0 radical (unpaired) electrons. The summed E-state index contributed by atoms with van der Waals surface area (Å²) in [6.07, 6.45) is 0. The van der Waals surface area contributed by atoms with Gasteiger partial charge in [0.1, 0.15) is 13.2 Å². The van der Waals surface area contributed by atoms with Crippen molar-refractivity contribution < 1.29 is 23.8 Å². The van der Waals surface area contributed by atoms with Gasteiger partial charge < -0.3 is 19.5 Å². The first-order valence-electron chi connectivity index (χ1n) is 7.34. The molecule has 6 nitrogen and oxygen atoms in total. The molecule has 0 bridgehead atoms. The smallest absolute Gasteiger partial charge is 0.338 e. The van der Waals surface area contributed by atoms with E-state index in [1.165, 1.54) is 12.1 Å². The van der Waals surface area contributed by atoms with Crippen molar-refractivity contribution in [2.24, 2.45) is 0 Å². The zero-order valence-corrected chi connectivity index (χ0v) is 14.4. The summed E-state index contributed by atoms with van der Waals surface area (Å²) >= 11 is 11.9. The molecule has 0 fully saturated rings. The van der Waals surface area contributed by atoms with Gasteiger partial charge >= 0.3 is 5.97 Å². The van der Waals surface area contributed by atoms with Crippen LogP contribution in [-0.2, 0) is 9.53 Å². The second-order valence-electron chi connectivity index (χ2n) is 5.12. The number of halogens is 2. The molecule has 1 aliphatic heterocycles. The third-order valence-corrected chi connectivity index (χ3v) is 3.79. The Morgan fingerprint density at radius 1 is 1.12 bits per heavy atom. The highest BCUT2D eigenvalue weighted by molar-refractivity contribution is 6.32. The van der Waals surface area contributed by atoms with Gasteiger partial charge in [0.2, 0.25) is 0 Å². The predicted molar refractivity (Wildman–Crippen MR) is 92.8 cm³/mol. The summed E-state index contributed by atoms with van der Waals surface area (Å²) in [6, 6.07) is 9.52. The maximum atomic E-state index is 12.1. The average molecular weight is 382 g/mol. The van der Waals surface area contributed by atoms with Crippen molar-refractivity contribution in [1.29, 1.82) is 0 Å². The molecule has 3 rings (SSSR count). The summed E-state index contributed by atoms with van der Waals surface area (Å²) in [5, 5.41) is 3.31. The van der Waals surface area contributed by atoms with Gasteiger partial charge in [-0.15, -0.1) is 0 Å². The second-order valence-corrected chi connectivity index (χ2v) is 5.96. The fraction of sp³-hybridized carbons (Fsp3) is 0.176. The van der Waals surface area contributed by atoms with Gasteiger partial charge in [0.25, 0.3) is 5.91 Å². The van der Waals surface area contributed by atoms with E-state index < -0.39 is 18.5 Å². The van der Waals surface area contributed by atoms with Gasteiger partial charge in [0, 0.05) is 10.7 Å². The molecule has 0 unspecified atom stereocenters. The quantitative estimate of drug-likeness (QED) is 0.819. The number of fused-ring (bicyclic) bond motifs is 1. The molecule has 25 heavy (non-hydrogen) atoms. The summed E-state index contributed by atoms with van der Waals surface area (Å²) in [6.45, 7) is 0.307. The number of anilines is 1. The van der Waals surface area contributed by atoms with E-state index in [0.29, 0.717) is 35.4 Å². The minimum atomic E-state index is -0.694. The highest BCUT2D eigenvalue weighted by Gasteiger charge is 2.20. The Bertz CT molecular complexity index is 825. The van der Waals surface area contributed by atoms with Crippen LogP contribution in [0.1, 0.15) is 10.4 Å². The molecule has 0 aliphatic carbocycles. The molecule has 1 heterocycles. The van der Waals surface area contributed by atoms with Gasteiger partial charge in [-0.25, -0.2) is 4.79 Å². The van der Waals surface area contributed by atoms with E-state index in [1.54, 1.807) is 24.3 Å². The minimum absolute atomic E-state index is 0.171. The van der Waals surface area contributed by atoms with Crippen molar-refractivity contribution in [3.05, 3.63) is 52.0 Å². The monoisotopic (exact) mass is 381 g/mol. The minimum Gasteiger partial charge on any atom is -0.486 e. The summed E-state index contributed by atoms with van der Waals surface area (Å²) in [7, 11) is 0. The fourth-order valence-electron chi connectivity index (χ4n) is 2.21. The van der Waals surface area contributed by atoms with Gasteiger partial charge in [-0.1, -0.05) is 29.3 Å². The Kier molecular flexibility index (Phi) is 5.31. The molecule has 0 spiro atoms. The van der Waals surface area contributed by atoms with Gasteiger partial charge in [-0.05, 0) is 30.3 Å². The Labute approximate surface area is 153 Å². The van der Waals surface area contributed by atoms with Crippen LogP contribution in [0.5, 0.6) is 11.5 Å². The maximum Gasteiger partial charge on any atom is 0.338 e. The van der Waals surface area contributed by atoms with Crippen LogP contribution < -0.4 is 14.8 Å². The van der Waals surface area contributed by atoms with E-state index in [-0.39, 0.29) is 10.6 Å². The van der Waals surface area contributed by atoms with Crippen LogP contribution in [0, 0.1) is 0 Å². The topological polar surface area (TPSA) is 73.9 Å². The number of rotatable bonds is 4. The number of ether oxygens (including phenoxy) is 3. The molecule has 0 saturated heterocycles. The van der Waals surface area contributed by atoms with E-state index in [9.17, 15) is 9.59 Å². The highest BCUT2D eigenvalue weighted by atomic mass is 35.5. The molecule has 0 saturated carbocycles. The van der Waals surface area contributed by atoms with Gasteiger partial charge in [0.15, 0.2) is 18.1 Å². The molecule has 1 N–H and O–H groups in total. The molecule has 1 amide bonds. The van der Waals surface area contributed by atoms with Crippen molar-refractivity contribution in [1.82, 2.24) is 0 Å². The molecule has 0 atom stereocenters. The maximum absolute atomic E-state index is 12.1. The number of hydrogen-bond donors (Lipinski definition) is 1. The lowest BCUT2D eigenvalue weighted by Crippen LogP contribution is -2.21. The van der Waals surface area contributed by atoms with Crippen LogP contribution in [0.15, 0.2) is 36.4 Å². The van der Waals surface area contributed by atoms with Crippen molar-refractivity contribution in [2.75, 3.05) is 25.1 Å². The van der Waals surface area contributed by atoms with Crippen molar-refractivity contribution in [2.45, 2.75) is 0 Å². The average Bonchev–Trinajstić information content (AvgIpc) is 2.59. The summed E-state index contributed by atoms with van der Waals surface area (Å²) in [5.41, 5.74) is 0.681. The SMILES string of the molecule is O=C(COC(=O)c1cc(Cl)c2c(c1)OCCO2)Nc1cccc(Cl)c1. The van der Waals surface area contributed by atoms with E-state index in [4.69, 9.17) is 37.4 Å². The van der Waals surface area contributed by atoms with Crippen LogP contribution in [0.25, 0.3) is 0 Å². The zero-order valence-electron chi connectivity index (χ0n) is 12.9. The third-order valence-electron chi connectivity index (χ3n) is 3.28. The van der Waals surface area contributed by atoms with E-state index in [0.717, 1.165) is 0 Å². The van der Waals surface area contributed by atoms with Crippen molar-refractivity contribution in [3.63, 3.8) is 0 Å². The normalized spacial score (nSPS) is 12.4. The lowest BCUT2D eigenvalue weighted by molar-refractivity contribution is -0.119. The predicted octanol–water partition coefficient (Wildman–Crippen LogP) is 3.56. The van der Waals surface area contributed by atoms with Crippen LogP contribution in [0.4, 0.5) is 5.69 Å². The Morgan fingerprint density at radius 3 is 2.72 bits per heavy atom. The van der Waals surface area contributed by atoms with E-state index >= 15 is 0 Å². The first-order valence-corrected chi connectivity index (χ1v) is 8.10. The number of amides is 1. The number of benzene rings is 2. The lowest BCUT2D eigenvalue weighted by atomic mass is 10.2. The Hall–Kier alpha value is -2.44. The molecule has 2 aromatic rings. The first-order chi connectivity index (χ1) is 12.0. The molecule has 0 aromatic heterocycles. The Morgan fingerprint density at radius 2 is 1.92 bits per heavy atom. The van der Waals surface area contributed by atoms with E-state index in [1.807, 2.05) is 0 Å². The fourth-order valence-corrected chi connectivity index (χ4v) is 2.66. The van der Waals surface area contributed by atoms with Crippen LogP contribution >= 0.6 is 23.2 Å². The first kappa shape index (κ1) is 17.4. The molecule has 130 valence electrons. The van der Waals surface area contributed by atoms with Gasteiger partial charge in [-0.2, -0.15) is 0 Å². The number of hydrogen-bond acceptors (Lipinski definition) is 5. The zero-order chi connectivity index (χ0) is 17.8. The van der Waals surface area contributed by atoms with Crippen LogP contribution in [0.3, 0.4) is 0 Å². The number of esters is 1. The lowest BCUT2D eigenvalue weighted by Gasteiger charge is -2.19. The summed E-state index contributed by atoms with van der Waals surface area (Å²) in [4.78, 5) is 24.0. The van der Waals surface area contributed by atoms with E-state index in [2.05, 4.69) is 5.32 Å².